The van der Waals surface area contributed by atoms with Crippen molar-refractivity contribution >= 4 is 38.3 Å². The molecule has 0 heterocycles. The number of anilines is 1. The van der Waals surface area contributed by atoms with E-state index in [9.17, 15) is 18.0 Å². The Morgan fingerprint density at radius 2 is 1.61 bits per heavy atom. The lowest BCUT2D eigenvalue weighted by Gasteiger charge is -2.18. The third-order valence-electron chi connectivity index (χ3n) is 5.16. The van der Waals surface area contributed by atoms with Crippen LogP contribution in [0.25, 0.3) is 10.8 Å². The van der Waals surface area contributed by atoms with Gasteiger partial charge in [-0.25, -0.2) is 13.1 Å². The maximum absolute atomic E-state index is 12.9. The lowest BCUT2D eigenvalue weighted by atomic mass is 10.0. The van der Waals surface area contributed by atoms with E-state index < -0.39 is 28.0 Å². The lowest BCUT2D eigenvalue weighted by Crippen LogP contribution is -2.51. The molecule has 0 saturated carbocycles. The molecule has 0 aliphatic carbocycles. The molecule has 0 aliphatic rings. The van der Waals surface area contributed by atoms with Crippen molar-refractivity contribution < 1.29 is 18.0 Å². The first kappa shape index (κ1) is 26.6. The Balaban J connectivity index is 1.95. The summed E-state index contributed by atoms with van der Waals surface area (Å²) < 4.78 is 28.3. The molecule has 0 saturated heterocycles. The van der Waals surface area contributed by atoms with E-state index in [-0.39, 0.29) is 29.8 Å². The molecule has 33 heavy (non-hydrogen) atoms. The first-order valence-electron chi connectivity index (χ1n) is 11.0. The minimum absolute atomic E-state index is 0.00532. The van der Waals surface area contributed by atoms with Gasteiger partial charge in [-0.1, -0.05) is 38.1 Å². The second kappa shape index (κ2) is 11.4. The SMILES string of the molecule is CC(C)C[C@H](N)C(=O)N[C@@H](C)C(=O)NCCNS(=O)(=O)c1cccc2c(N(C)C)cccc12. The summed E-state index contributed by atoms with van der Waals surface area (Å²) in [6, 6.07) is 9.20. The van der Waals surface area contributed by atoms with E-state index in [1.807, 2.05) is 51.0 Å². The van der Waals surface area contributed by atoms with Crippen molar-refractivity contribution in [3.63, 3.8) is 0 Å². The molecule has 0 aliphatic heterocycles. The van der Waals surface area contributed by atoms with Crippen LogP contribution in [0.4, 0.5) is 5.69 Å². The molecular formula is C23H35N5O4S. The van der Waals surface area contributed by atoms with Crippen LogP contribution in [0.2, 0.25) is 0 Å². The van der Waals surface area contributed by atoms with Gasteiger partial charge in [-0.2, -0.15) is 0 Å². The molecule has 0 fully saturated rings. The zero-order chi connectivity index (χ0) is 24.8. The van der Waals surface area contributed by atoms with Crippen LogP contribution in [0.15, 0.2) is 41.3 Å². The number of hydrogen-bond acceptors (Lipinski definition) is 6. The second-order valence-corrected chi connectivity index (χ2v) is 10.4. The van der Waals surface area contributed by atoms with Gasteiger partial charge in [-0.3, -0.25) is 9.59 Å². The standard InChI is InChI=1S/C23H35N5O4S/c1-15(2)14-19(24)23(30)27-16(3)22(29)25-12-13-26-33(31,32)21-11-7-8-17-18(21)9-6-10-20(17)28(4)5/h6-11,15-16,19,26H,12-14,24H2,1-5H3,(H,25,29)(H,27,30)/t16-,19-/m0/s1. The number of rotatable bonds is 11. The van der Waals surface area contributed by atoms with Crippen LogP contribution in [0, 0.1) is 5.92 Å². The van der Waals surface area contributed by atoms with Crippen molar-refractivity contribution in [3.8, 4) is 0 Å². The Morgan fingerprint density at radius 1 is 0.970 bits per heavy atom. The van der Waals surface area contributed by atoms with Crippen LogP contribution in [-0.2, 0) is 19.6 Å². The van der Waals surface area contributed by atoms with E-state index in [4.69, 9.17) is 5.73 Å². The summed E-state index contributed by atoms with van der Waals surface area (Å²) in [5.74, 6) is -0.542. The van der Waals surface area contributed by atoms with Gasteiger partial charge >= 0.3 is 0 Å². The number of nitrogens with two attached hydrogens (primary N) is 1. The zero-order valence-corrected chi connectivity index (χ0v) is 20.7. The van der Waals surface area contributed by atoms with Gasteiger partial charge in [0.05, 0.1) is 10.9 Å². The van der Waals surface area contributed by atoms with Gasteiger partial charge in [-0.15, -0.1) is 0 Å². The Bertz CT molecular complexity index is 1090. The number of fused-ring (bicyclic) bond motifs is 1. The summed E-state index contributed by atoms with van der Waals surface area (Å²) in [6.07, 6.45) is 0.520. The van der Waals surface area contributed by atoms with Crippen molar-refractivity contribution in [2.24, 2.45) is 11.7 Å². The molecular weight excluding hydrogens is 442 g/mol. The molecule has 2 aromatic rings. The average molecular weight is 478 g/mol. The molecule has 9 nitrogen and oxygen atoms in total. The molecule has 10 heteroatoms. The summed E-state index contributed by atoms with van der Waals surface area (Å²) in [4.78, 5) is 26.4. The predicted octanol–water partition coefficient (Wildman–Crippen LogP) is 1.18. The number of sulfonamides is 1. The Morgan fingerprint density at radius 3 is 2.24 bits per heavy atom. The highest BCUT2D eigenvalue weighted by atomic mass is 32.2. The molecule has 2 amide bonds. The topological polar surface area (TPSA) is 134 Å². The second-order valence-electron chi connectivity index (χ2n) is 8.68. The molecule has 0 aromatic heterocycles. The highest BCUT2D eigenvalue weighted by Crippen LogP contribution is 2.29. The fourth-order valence-electron chi connectivity index (χ4n) is 3.49. The van der Waals surface area contributed by atoms with E-state index in [2.05, 4.69) is 15.4 Å². The van der Waals surface area contributed by atoms with Gasteiger partial charge < -0.3 is 21.3 Å². The van der Waals surface area contributed by atoms with Crippen LogP contribution in [0.5, 0.6) is 0 Å². The van der Waals surface area contributed by atoms with Crippen molar-refractivity contribution in [1.29, 1.82) is 0 Å². The summed E-state index contributed by atoms with van der Waals surface area (Å²) in [5, 5.41) is 6.66. The fraction of sp³-hybridized carbons (Fsp3) is 0.478. The van der Waals surface area contributed by atoms with Crippen LogP contribution >= 0.6 is 0 Å². The summed E-state index contributed by atoms with van der Waals surface area (Å²) in [7, 11) is 0.00675. The van der Waals surface area contributed by atoms with Crippen LogP contribution in [0.3, 0.4) is 0 Å². The third kappa shape index (κ3) is 7.15. The van der Waals surface area contributed by atoms with E-state index in [0.717, 1.165) is 11.1 Å². The molecule has 0 unspecified atom stereocenters. The van der Waals surface area contributed by atoms with Crippen LogP contribution < -0.4 is 26.0 Å². The predicted molar refractivity (Wildman–Crippen MR) is 132 cm³/mol. The minimum atomic E-state index is -3.80. The van der Waals surface area contributed by atoms with Crippen molar-refractivity contribution in [2.45, 2.75) is 44.2 Å². The highest BCUT2D eigenvalue weighted by molar-refractivity contribution is 7.89. The first-order valence-corrected chi connectivity index (χ1v) is 12.4. The number of hydrogen-bond donors (Lipinski definition) is 4. The minimum Gasteiger partial charge on any atom is -0.377 e. The number of carbonyl (C=O) groups is 2. The maximum atomic E-state index is 12.9. The highest BCUT2D eigenvalue weighted by Gasteiger charge is 2.21. The molecule has 0 spiro atoms. The molecule has 2 atom stereocenters. The quantitative estimate of drug-likeness (QED) is 0.359. The lowest BCUT2D eigenvalue weighted by molar-refractivity contribution is -0.129. The molecule has 0 bridgehead atoms. The fourth-order valence-corrected chi connectivity index (χ4v) is 4.74. The largest absolute Gasteiger partial charge is 0.377 e. The van der Waals surface area contributed by atoms with Gasteiger partial charge in [0.2, 0.25) is 21.8 Å². The van der Waals surface area contributed by atoms with Crippen molar-refractivity contribution in [2.75, 3.05) is 32.1 Å². The average Bonchev–Trinajstić information content (AvgIpc) is 2.74. The van der Waals surface area contributed by atoms with E-state index in [1.54, 1.807) is 25.1 Å². The number of nitrogens with one attached hydrogen (secondary N) is 3. The maximum Gasteiger partial charge on any atom is 0.242 e. The number of nitrogens with zero attached hydrogens (tertiary/aromatic N) is 1. The van der Waals surface area contributed by atoms with Gasteiger partial charge in [0.25, 0.3) is 0 Å². The van der Waals surface area contributed by atoms with Crippen LogP contribution in [-0.4, -0.2) is 59.5 Å². The van der Waals surface area contributed by atoms with Gasteiger partial charge in [0, 0.05) is 43.6 Å². The van der Waals surface area contributed by atoms with Crippen LogP contribution in [0.1, 0.15) is 27.2 Å². The molecule has 0 radical (unpaired) electrons. The molecule has 5 N–H and O–H groups in total. The van der Waals surface area contributed by atoms with E-state index >= 15 is 0 Å². The molecule has 2 aromatic carbocycles. The zero-order valence-electron chi connectivity index (χ0n) is 19.9. The van der Waals surface area contributed by atoms with Gasteiger partial charge in [-0.05, 0) is 31.4 Å². The van der Waals surface area contributed by atoms with Crippen molar-refractivity contribution in [3.05, 3.63) is 36.4 Å². The Hall–Kier alpha value is -2.69. The summed E-state index contributed by atoms with van der Waals surface area (Å²) in [6.45, 7) is 5.56. The monoisotopic (exact) mass is 477 g/mol. The van der Waals surface area contributed by atoms with Gasteiger partial charge in [0.1, 0.15) is 6.04 Å². The van der Waals surface area contributed by atoms with Crippen molar-refractivity contribution in [1.82, 2.24) is 15.4 Å². The molecule has 182 valence electrons. The van der Waals surface area contributed by atoms with E-state index in [1.165, 1.54) is 0 Å². The Kier molecular flexibility index (Phi) is 9.21. The molecule has 2 rings (SSSR count). The number of carbonyl (C=O) groups excluding carboxylic acids is 2. The normalized spacial score (nSPS) is 13.5. The summed E-state index contributed by atoms with van der Waals surface area (Å²) in [5.41, 5.74) is 6.75. The Labute approximate surface area is 196 Å². The first-order chi connectivity index (χ1) is 15.4. The third-order valence-corrected chi connectivity index (χ3v) is 6.68. The van der Waals surface area contributed by atoms with Gasteiger partial charge in [0.15, 0.2) is 0 Å². The summed E-state index contributed by atoms with van der Waals surface area (Å²) >= 11 is 0. The smallest absolute Gasteiger partial charge is 0.242 e. The number of amides is 2. The van der Waals surface area contributed by atoms with E-state index in [0.29, 0.717) is 11.8 Å². The number of benzene rings is 2.